The van der Waals surface area contributed by atoms with Gasteiger partial charge >= 0.3 is 0 Å². The summed E-state index contributed by atoms with van der Waals surface area (Å²) < 4.78 is 32.9. The zero-order chi connectivity index (χ0) is 18.5. The Bertz CT molecular complexity index is 681. The maximum Gasteiger partial charge on any atom is 0.251 e. The average Bonchev–Trinajstić information content (AvgIpc) is 2.49. The highest BCUT2D eigenvalue weighted by Crippen LogP contribution is 2.26. The van der Waals surface area contributed by atoms with Crippen LogP contribution in [0.3, 0.4) is 0 Å². The highest BCUT2D eigenvalue weighted by Gasteiger charge is 2.26. The molecule has 0 saturated heterocycles. The van der Waals surface area contributed by atoms with Gasteiger partial charge in [0.05, 0.1) is 7.11 Å². The summed E-state index contributed by atoms with van der Waals surface area (Å²) in [7, 11) is -0.633. The summed E-state index contributed by atoms with van der Waals surface area (Å²) in [6.45, 7) is 7.59. The third kappa shape index (κ3) is 5.77. The molecule has 3 N–H and O–H groups in total. The molecule has 0 radical (unpaired) electrons. The van der Waals surface area contributed by atoms with Gasteiger partial charge in [0.2, 0.25) is 10.0 Å². The Morgan fingerprint density at radius 1 is 1.29 bits per heavy atom. The van der Waals surface area contributed by atoms with Gasteiger partial charge in [-0.15, -0.1) is 0 Å². The molecule has 1 rings (SSSR count). The second kappa shape index (κ2) is 7.96. The van der Waals surface area contributed by atoms with Gasteiger partial charge in [-0.1, -0.05) is 0 Å². The Morgan fingerprint density at radius 2 is 1.92 bits per heavy atom. The molecule has 1 amide bonds. The van der Waals surface area contributed by atoms with Gasteiger partial charge in [-0.05, 0) is 52.9 Å². The molecule has 136 valence electrons. The molecule has 1 atom stereocenters. The largest absolute Gasteiger partial charge is 0.495 e. The molecule has 1 unspecified atom stereocenters. The van der Waals surface area contributed by atoms with Crippen molar-refractivity contribution in [1.29, 1.82) is 0 Å². The number of ether oxygens (including phenoxy) is 1. The smallest absolute Gasteiger partial charge is 0.251 e. The zero-order valence-corrected chi connectivity index (χ0v) is 15.9. The first-order valence-electron chi connectivity index (χ1n) is 7.67. The van der Waals surface area contributed by atoms with Crippen LogP contribution in [-0.4, -0.2) is 46.6 Å². The number of carbonyl (C=O) groups excluding carboxylic acids is 1. The van der Waals surface area contributed by atoms with Crippen LogP contribution in [0.2, 0.25) is 0 Å². The summed E-state index contributed by atoms with van der Waals surface area (Å²) in [6.07, 6.45) is 0. The third-order valence-electron chi connectivity index (χ3n) is 3.22. The molecule has 8 heteroatoms. The van der Waals surface area contributed by atoms with Gasteiger partial charge in [-0.2, -0.15) is 0 Å². The fraction of sp³-hybridized carbons (Fsp3) is 0.562. The monoisotopic (exact) mass is 357 g/mol. The Labute approximate surface area is 144 Å². The van der Waals surface area contributed by atoms with E-state index >= 15 is 0 Å². The van der Waals surface area contributed by atoms with E-state index < -0.39 is 15.6 Å². The number of hydrogen-bond donors (Lipinski definition) is 3. The molecule has 7 nitrogen and oxygen atoms in total. The van der Waals surface area contributed by atoms with E-state index in [1.165, 1.54) is 25.3 Å². The Kier molecular flexibility index (Phi) is 6.76. The average molecular weight is 357 g/mol. The van der Waals surface area contributed by atoms with Gasteiger partial charge in [-0.3, -0.25) is 4.79 Å². The topological polar surface area (TPSA) is 96.5 Å². The minimum Gasteiger partial charge on any atom is -0.495 e. The molecule has 0 aliphatic heterocycles. The molecule has 0 aliphatic rings. The predicted octanol–water partition coefficient (Wildman–Crippen LogP) is 1.11. The fourth-order valence-corrected chi connectivity index (χ4v) is 3.55. The molecule has 0 bridgehead atoms. The van der Waals surface area contributed by atoms with E-state index in [4.69, 9.17) is 4.74 Å². The van der Waals surface area contributed by atoms with Crippen molar-refractivity contribution in [3.8, 4) is 5.75 Å². The van der Waals surface area contributed by atoms with Crippen molar-refractivity contribution in [3.63, 3.8) is 0 Å². The quantitative estimate of drug-likeness (QED) is 0.679. The number of sulfonamides is 1. The summed E-state index contributed by atoms with van der Waals surface area (Å²) in [5.74, 6) is -0.154. The normalized spacial score (nSPS) is 13.4. The summed E-state index contributed by atoms with van der Waals surface area (Å²) in [5, 5.41) is 5.77. The van der Waals surface area contributed by atoms with E-state index in [0.717, 1.165) is 0 Å². The van der Waals surface area contributed by atoms with E-state index in [1.807, 2.05) is 6.92 Å². The molecular formula is C16H27N3O4S. The number of likely N-dealkylation sites (N-methyl/N-ethyl adjacent to an activating group) is 1. The van der Waals surface area contributed by atoms with E-state index in [9.17, 15) is 13.2 Å². The lowest BCUT2D eigenvalue weighted by atomic mass is 10.1. The zero-order valence-electron chi connectivity index (χ0n) is 15.1. The third-order valence-corrected chi connectivity index (χ3v) is 5.00. The van der Waals surface area contributed by atoms with Gasteiger partial charge in [0.1, 0.15) is 10.6 Å². The first-order valence-corrected chi connectivity index (χ1v) is 9.16. The highest BCUT2D eigenvalue weighted by molar-refractivity contribution is 7.89. The van der Waals surface area contributed by atoms with Gasteiger partial charge in [0.15, 0.2) is 0 Å². The number of methoxy groups -OCH3 is 1. The minimum absolute atomic E-state index is 0.0609. The van der Waals surface area contributed by atoms with Crippen LogP contribution in [-0.2, 0) is 10.0 Å². The molecule has 0 aliphatic carbocycles. The number of benzene rings is 1. The van der Waals surface area contributed by atoms with Crippen molar-refractivity contribution >= 4 is 15.9 Å². The second-order valence-electron chi connectivity index (χ2n) is 6.62. The summed E-state index contributed by atoms with van der Waals surface area (Å²) in [5.41, 5.74) is -0.391. The molecule has 0 heterocycles. The van der Waals surface area contributed by atoms with Crippen molar-refractivity contribution < 1.29 is 17.9 Å². The fourth-order valence-electron chi connectivity index (χ4n) is 1.94. The van der Waals surface area contributed by atoms with E-state index in [1.54, 1.807) is 27.8 Å². The lowest BCUT2D eigenvalue weighted by Gasteiger charge is -2.21. The van der Waals surface area contributed by atoms with E-state index in [0.29, 0.717) is 6.54 Å². The lowest BCUT2D eigenvalue weighted by molar-refractivity contribution is 0.0950. The van der Waals surface area contributed by atoms with E-state index in [2.05, 4.69) is 15.4 Å². The van der Waals surface area contributed by atoms with Crippen LogP contribution in [0.4, 0.5) is 0 Å². The molecule has 24 heavy (non-hydrogen) atoms. The Morgan fingerprint density at radius 3 is 2.42 bits per heavy atom. The number of carbonyl (C=O) groups is 1. The molecule has 0 spiro atoms. The predicted molar refractivity (Wildman–Crippen MR) is 93.9 cm³/mol. The molecular weight excluding hydrogens is 330 g/mol. The van der Waals surface area contributed by atoms with Crippen LogP contribution in [0.25, 0.3) is 0 Å². The van der Waals surface area contributed by atoms with Crippen molar-refractivity contribution in [2.45, 2.75) is 44.2 Å². The van der Waals surface area contributed by atoms with Gasteiger partial charge < -0.3 is 15.4 Å². The van der Waals surface area contributed by atoms with Crippen LogP contribution in [0.1, 0.15) is 38.1 Å². The lowest BCUT2D eigenvalue weighted by Crippen LogP contribution is -2.40. The van der Waals surface area contributed by atoms with E-state index in [-0.39, 0.29) is 28.2 Å². The molecule has 0 fully saturated rings. The van der Waals surface area contributed by atoms with Crippen LogP contribution in [0, 0.1) is 0 Å². The molecule has 1 aromatic carbocycles. The number of amides is 1. The second-order valence-corrected chi connectivity index (χ2v) is 8.27. The number of hydrogen-bond acceptors (Lipinski definition) is 5. The Balaban J connectivity index is 3.15. The van der Waals surface area contributed by atoms with Crippen LogP contribution >= 0.6 is 0 Å². The maximum absolute atomic E-state index is 12.6. The SMILES string of the molecule is CNC(C)CNC(=O)c1ccc(OC)c(S(=O)(=O)NC(C)(C)C)c1. The van der Waals surface area contributed by atoms with Crippen molar-refractivity contribution in [3.05, 3.63) is 23.8 Å². The van der Waals surface area contributed by atoms with Gasteiger partial charge in [0.25, 0.3) is 5.91 Å². The number of rotatable bonds is 7. The summed E-state index contributed by atoms with van der Waals surface area (Å²) in [6, 6.07) is 4.45. The number of nitrogens with one attached hydrogen (secondary N) is 3. The Hall–Kier alpha value is -1.64. The van der Waals surface area contributed by atoms with Crippen molar-refractivity contribution in [2.75, 3.05) is 20.7 Å². The molecule has 1 aromatic rings. The standard InChI is InChI=1S/C16H27N3O4S/c1-11(17-5)10-18-15(20)12-7-8-13(23-6)14(9-12)24(21,22)19-16(2,3)4/h7-9,11,17,19H,10H2,1-6H3,(H,18,20). The van der Waals surface area contributed by atoms with Crippen LogP contribution in [0.15, 0.2) is 23.1 Å². The highest BCUT2D eigenvalue weighted by atomic mass is 32.2. The van der Waals surface area contributed by atoms with Crippen molar-refractivity contribution in [2.24, 2.45) is 0 Å². The minimum atomic E-state index is -3.82. The summed E-state index contributed by atoms with van der Waals surface area (Å²) in [4.78, 5) is 12.2. The van der Waals surface area contributed by atoms with Crippen LogP contribution < -0.4 is 20.1 Å². The maximum atomic E-state index is 12.6. The van der Waals surface area contributed by atoms with Gasteiger partial charge in [-0.25, -0.2) is 13.1 Å². The summed E-state index contributed by atoms with van der Waals surface area (Å²) >= 11 is 0. The molecule has 0 aromatic heterocycles. The molecule has 0 saturated carbocycles. The van der Waals surface area contributed by atoms with Crippen molar-refractivity contribution in [1.82, 2.24) is 15.4 Å². The first kappa shape index (κ1) is 20.4. The van der Waals surface area contributed by atoms with Gasteiger partial charge in [0, 0.05) is 23.7 Å². The first-order chi connectivity index (χ1) is 11.0. The van der Waals surface area contributed by atoms with Crippen LogP contribution in [0.5, 0.6) is 5.75 Å².